The van der Waals surface area contributed by atoms with Gasteiger partial charge in [-0.15, -0.1) is 0 Å². The molecule has 0 saturated carbocycles. The normalized spacial score (nSPS) is 17.1. The van der Waals surface area contributed by atoms with Gasteiger partial charge < -0.3 is 14.8 Å². The lowest BCUT2D eigenvalue weighted by Gasteiger charge is -2.34. The third-order valence-electron chi connectivity index (χ3n) is 7.64. The first-order valence-electron chi connectivity index (χ1n) is 14.3. The number of hydrogen-bond donors (Lipinski definition) is 2. The number of likely N-dealkylation sites (tertiary alicyclic amines) is 1. The molecule has 0 bridgehead atoms. The molecule has 5 rings (SSSR count). The Labute approximate surface area is 241 Å². The molecule has 0 radical (unpaired) electrons. The van der Waals surface area contributed by atoms with E-state index in [4.69, 9.17) is 36.9 Å². The van der Waals surface area contributed by atoms with E-state index >= 15 is 0 Å². The molecule has 0 atom stereocenters. The highest BCUT2D eigenvalue weighted by molar-refractivity contribution is 6.32. The second-order valence-electron chi connectivity index (χ2n) is 10.2. The van der Waals surface area contributed by atoms with Crippen molar-refractivity contribution in [1.29, 1.82) is 0 Å². The van der Waals surface area contributed by atoms with Gasteiger partial charge in [-0.1, -0.05) is 11.6 Å². The van der Waals surface area contributed by atoms with E-state index in [0.29, 0.717) is 41.7 Å². The number of nitrogens with two attached hydrogens (primary N) is 1. The molecule has 0 amide bonds. The van der Waals surface area contributed by atoms with E-state index in [2.05, 4.69) is 20.2 Å². The lowest BCUT2D eigenvalue weighted by molar-refractivity contribution is 0.204. The molecule has 11 heteroatoms. The van der Waals surface area contributed by atoms with Crippen molar-refractivity contribution < 1.29 is 9.47 Å². The van der Waals surface area contributed by atoms with Crippen LogP contribution in [0.5, 0.6) is 11.5 Å². The van der Waals surface area contributed by atoms with Crippen LogP contribution in [0.15, 0.2) is 36.8 Å². The zero-order chi connectivity index (χ0) is 27.9. The van der Waals surface area contributed by atoms with Gasteiger partial charge in [-0.2, -0.15) is 0 Å². The van der Waals surface area contributed by atoms with Crippen molar-refractivity contribution in [3.8, 4) is 23.0 Å². The second-order valence-corrected chi connectivity index (χ2v) is 10.6. The summed E-state index contributed by atoms with van der Waals surface area (Å²) < 4.78 is 11.6. The lowest BCUT2D eigenvalue weighted by atomic mass is 9.88. The van der Waals surface area contributed by atoms with E-state index in [1.807, 2.05) is 38.2 Å². The maximum atomic E-state index is 6.73. The zero-order valence-corrected chi connectivity index (χ0v) is 24.1. The minimum atomic E-state index is 0.205. The van der Waals surface area contributed by atoms with Crippen LogP contribution in [0.1, 0.15) is 56.6 Å². The Balaban J connectivity index is 1.33. The zero-order valence-electron chi connectivity index (χ0n) is 23.4. The topological polar surface area (TPSA) is 115 Å². The van der Waals surface area contributed by atoms with Crippen molar-refractivity contribution in [3.05, 3.63) is 52.9 Å². The number of nitrogens with zero attached hydrogens (tertiary/aromatic N) is 6. The molecule has 2 aromatic heterocycles. The first-order valence-corrected chi connectivity index (χ1v) is 14.6. The summed E-state index contributed by atoms with van der Waals surface area (Å²) in [6.07, 6.45) is 9.28. The fourth-order valence-electron chi connectivity index (χ4n) is 5.55. The molecule has 0 aliphatic carbocycles. The molecular formula is C29H39ClN8O2. The molecule has 2 saturated heterocycles. The predicted octanol–water partition coefficient (Wildman–Crippen LogP) is 4.20. The molecule has 3 aromatic rings. The number of piperidine rings is 2. The highest BCUT2D eigenvalue weighted by atomic mass is 35.5. The van der Waals surface area contributed by atoms with Crippen LogP contribution < -0.4 is 25.6 Å². The highest BCUT2D eigenvalue weighted by Crippen LogP contribution is 2.37. The monoisotopic (exact) mass is 566 g/mol. The van der Waals surface area contributed by atoms with E-state index in [0.717, 1.165) is 81.0 Å². The molecule has 1 aromatic carbocycles. The van der Waals surface area contributed by atoms with Crippen LogP contribution in [0.4, 0.5) is 5.95 Å². The summed E-state index contributed by atoms with van der Waals surface area (Å²) in [7, 11) is 0. The molecule has 0 spiro atoms. The number of nitrogens with one attached hydrogen (secondary N) is 1. The number of hydrazine groups is 1. The summed E-state index contributed by atoms with van der Waals surface area (Å²) in [5.41, 5.74) is 2.85. The van der Waals surface area contributed by atoms with E-state index in [1.165, 1.54) is 0 Å². The number of aromatic nitrogens is 4. The van der Waals surface area contributed by atoms with E-state index < -0.39 is 0 Å². The maximum Gasteiger partial charge on any atom is 0.240 e. The van der Waals surface area contributed by atoms with E-state index in [1.54, 1.807) is 17.4 Å². The van der Waals surface area contributed by atoms with Crippen molar-refractivity contribution in [2.75, 3.05) is 44.4 Å². The number of ether oxygens (including phenoxy) is 2. The molecule has 214 valence electrons. The Morgan fingerprint density at radius 1 is 1.02 bits per heavy atom. The fourth-order valence-corrected chi connectivity index (χ4v) is 5.77. The number of anilines is 1. The fraction of sp³-hybridized carbons (Fsp3) is 0.517. The van der Waals surface area contributed by atoms with Gasteiger partial charge in [0.1, 0.15) is 17.2 Å². The van der Waals surface area contributed by atoms with Gasteiger partial charge in [0.25, 0.3) is 0 Å². The molecule has 2 aliphatic heterocycles. The second kappa shape index (κ2) is 13.5. The standard InChI is InChI=1S/C29H39ClN8O2/c1-3-39-23-16-21(26(30)25(17-23)40-4-2)19-37-14-8-20(9-15-37)24-18-35-29(38(31)22-6-12-32-13-7-22)36-27(24)28-33-10-5-11-34-28/h5,10-11,16-18,20,22,32H,3-4,6-9,12-15,19,31H2,1-2H3. The Bertz CT molecular complexity index is 1250. The molecule has 2 fully saturated rings. The summed E-state index contributed by atoms with van der Waals surface area (Å²) in [4.78, 5) is 21.1. The first kappa shape index (κ1) is 28.5. The minimum Gasteiger partial charge on any atom is -0.494 e. The van der Waals surface area contributed by atoms with Gasteiger partial charge in [0.2, 0.25) is 5.95 Å². The average Bonchev–Trinajstić information content (AvgIpc) is 3.00. The average molecular weight is 567 g/mol. The Morgan fingerprint density at radius 3 is 2.45 bits per heavy atom. The van der Waals surface area contributed by atoms with Crippen LogP contribution in [-0.2, 0) is 6.54 Å². The summed E-state index contributed by atoms with van der Waals surface area (Å²) in [5, 5.41) is 5.75. The molecule has 10 nitrogen and oxygen atoms in total. The number of hydrogen-bond acceptors (Lipinski definition) is 10. The van der Waals surface area contributed by atoms with Crippen LogP contribution in [-0.4, -0.2) is 70.3 Å². The van der Waals surface area contributed by atoms with Gasteiger partial charge >= 0.3 is 0 Å². The molecule has 2 aliphatic rings. The molecule has 40 heavy (non-hydrogen) atoms. The van der Waals surface area contributed by atoms with Gasteiger partial charge in [0.05, 0.1) is 24.3 Å². The lowest BCUT2D eigenvalue weighted by Crippen LogP contribution is -2.48. The van der Waals surface area contributed by atoms with Crippen LogP contribution in [0.3, 0.4) is 0 Å². The molecule has 4 heterocycles. The largest absolute Gasteiger partial charge is 0.494 e. The minimum absolute atomic E-state index is 0.205. The third-order valence-corrected chi connectivity index (χ3v) is 8.06. The van der Waals surface area contributed by atoms with Gasteiger partial charge in [-0.25, -0.2) is 25.8 Å². The smallest absolute Gasteiger partial charge is 0.240 e. The van der Waals surface area contributed by atoms with Crippen LogP contribution >= 0.6 is 11.6 Å². The highest BCUT2D eigenvalue weighted by Gasteiger charge is 2.28. The molecule has 0 unspecified atom stereocenters. The third kappa shape index (κ3) is 6.63. The molecular weight excluding hydrogens is 528 g/mol. The number of halogens is 1. The number of benzene rings is 1. The first-order chi connectivity index (χ1) is 19.6. The van der Waals surface area contributed by atoms with Crippen molar-refractivity contribution in [2.45, 2.75) is 58.0 Å². The Morgan fingerprint density at radius 2 is 1.75 bits per heavy atom. The summed E-state index contributed by atoms with van der Waals surface area (Å²) in [5.74, 6) is 9.37. The summed E-state index contributed by atoms with van der Waals surface area (Å²) in [6.45, 7) is 9.52. The Hall–Kier alpha value is -3.05. The molecule has 3 N–H and O–H groups in total. The van der Waals surface area contributed by atoms with Crippen molar-refractivity contribution in [2.24, 2.45) is 5.84 Å². The maximum absolute atomic E-state index is 6.73. The number of rotatable bonds is 10. The SMILES string of the molecule is CCOc1cc(CN2CCC(c3cnc(N(N)C4CCNCC4)nc3-c3ncccn3)CC2)c(Cl)c(OCC)c1. The van der Waals surface area contributed by atoms with E-state index in [9.17, 15) is 0 Å². The summed E-state index contributed by atoms with van der Waals surface area (Å²) in [6, 6.07) is 5.92. The Kier molecular flexibility index (Phi) is 9.64. The van der Waals surface area contributed by atoms with Crippen molar-refractivity contribution in [3.63, 3.8) is 0 Å². The van der Waals surface area contributed by atoms with Crippen molar-refractivity contribution in [1.82, 2.24) is 30.2 Å². The van der Waals surface area contributed by atoms with Gasteiger partial charge in [0.15, 0.2) is 5.82 Å². The van der Waals surface area contributed by atoms with Crippen LogP contribution in [0.25, 0.3) is 11.5 Å². The van der Waals surface area contributed by atoms with Gasteiger partial charge in [-0.3, -0.25) is 9.91 Å². The van der Waals surface area contributed by atoms with Gasteiger partial charge in [0, 0.05) is 36.8 Å². The quantitative estimate of drug-likeness (QED) is 0.273. The van der Waals surface area contributed by atoms with E-state index in [-0.39, 0.29) is 6.04 Å². The van der Waals surface area contributed by atoms with Gasteiger partial charge in [-0.05, 0) is 89.3 Å². The van der Waals surface area contributed by atoms with Crippen molar-refractivity contribution >= 4 is 17.5 Å². The predicted molar refractivity (Wildman–Crippen MR) is 157 cm³/mol. The summed E-state index contributed by atoms with van der Waals surface area (Å²) >= 11 is 6.73. The van der Waals surface area contributed by atoms with Crippen LogP contribution in [0.2, 0.25) is 5.02 Å². The van der Waals surface area contributed by atoms with Crippen LogP contribution in [0, 0.1) is 0 Å².